The molecule has 2 saturated carbocycles. The molecule has 3 nitrogen and oxygen atoms in total. The van der Waals surface area contributed by atoms with Gasteiger partial charge in [-0.05, 0) is 56.3 Å². The molecule has 2 rings (SSSR count). The molecule has 2 fully saturated rings. The average molecular weight is 266 g/mol. The standard InChI is InChI=1S/C16H30N2O/c1-16(10-2-3-11-16)12-18-15(19)9-6-13-4-7-14(17)8-5-13/h13-14H,2-12,17H2,1H3,(H,18,19). The number of hydrogen-bond acceptors (Lipinski definition) is 2. The molecule has 0 aromatic rings. The minimum absolute atomic E-state index is 0.253. The number of nitrogens with one attached hydrogen (secondary N) is 1. The van der Waals surface area contributed by atoms with Crippen molar-refractivity contribution in [2.24, 2.45) is 17.1 Å². The summed E-state index contributed by atoms with van der Waals surface area (Å²) in [4.78, 5) is 11.9. The number of carbonyl (C=O) groups excluding carboxylic acids is 1. The molecule has 0 atom stereocenters. The number of rotatable bonds is 5. The van der Waals surface area contributed by atoms with E-state index in [1.165, 1.54) is 38.5 Å². The van der Waals surface area contributed by atoms with E-state index in [9.17, 15) is 4.79 Å². The topological polar surface area (TPSA) is 55.1 Å². The molecule has 3 N–H and O–H groups in total. The molecule has 3 heteroatoms. The van der Waals surface area contributed by atoms with Crippen molar-refractivity contribution in [1.82, 2.24) is 5.32 Å². The Morgan fingerprint density at radius 1 is 1.21 bits per heavy atom. The van der Waals surface area contributed by atoms with Gasteiger partial charge in [0.05, 0.1) is 0 Å². The molecule has 19 heavy (non-hydrogen) atoms. The summed E-state index contributed by atoms with van der Waals surface area (Å²) >= 11 is 0. The summed E-state index contributed by atoms with van der Waals surface area (Å²) in [5.74, 6) is 0.982. The molecular formula is C16H30N2O. The molecule has 110 valence electrons. The van der Waals surface area contributed by atoms with Crippen molar-refractivity contribution in [3.63, 3.8) is 0 Å². The van der Waals surface area contributed by atoms with Crippen LogP contribution in [0.1, 0.15) is 71.1 Å². The lowest BCUT2D eigenvalue weighted by Gasteiger charge is -2.26. The zero-order valence-electron chi connectivity index (χ0n) is 12.4. The third-order valence-electron chi connectivity index (χ3n) is 5.19. The minimum Gasteiger partial charge on any atom is -0.356 e. The second-order valence-corrected chi connectivity index (χ2v) is 7.11. The van der Waals surface area contributed by atoms with Crippen LogP contribution in [0.3, 0.4) is 0 Å². The van der Waals surface area contributed by atoms with Crippen molar-refractivity contribution in [2.75, 3.05) is 6.54 Å². The summed E-state index contributed by atoms with van der Waals surface area (Å²) < 4.78 is 0. The summed E-state index contributed by atoms with van der Waals surface area (Å²) in [5.41, 5.74) is 6.27. The van der Waals surface area contributed by atoms with Gasteiger partial charge in [0.15, 0.2) is 0 Å². The van der Waals surface area contributed by atoms with Gasteiger partial charge in [-0.2, -0.15) is 0 Å². The van der Waals surface area contributed by atoms with Crippen LogP contribution in [-0.2, 0) is 4.79 Å². The molecular weight excluding hydrogens is 236 g/mol. The Morgan fingerprint density at radius 2 is 1.84 bits per heavy atom. The SMILES string of the molecule is CC1(CNC(=O)CCC2CCC(N)CC2)CCCC1. The highest BCUT2D eigenvalue weighted by Crippen LogP contribution is 2.36. The first-order chi connectivity index (χ1) is 9.07. The summed E-state index contributed by atoms with van der Waals surface area (Å²) in [7, 11) is 0. The molecule has 0 aliphatic heterocycles. The fourth-order valence-corrected chi connectivity index (χ4v) is 3.62. The largest absolute Gasteiger partial charge is 0.356 e. The Morgan fingerprint density at radius 3 is 2.47 bits per heavy atom. The minimum atomic E-state index is 0.253. The lowest BCUT2D eigenvalue weighted by Crippen LogP contribution is -2.34. The van der Waals surface area contributed by atoms with Crippen LogP contribution < -0.4 is 11.1 Å². The van der Waals surface area contributed by atoms with Gasteiger partial charge in [0, 0.05) is 19.0 Å². The third-order valence-corrected chi connectivity index (χ3v) is 5.19. The van der Waals surface area contributed by atoms with Gasteiger partial charge >= 0.3 is 0 Å². The Balaban J connectivity index is 1.59. The number of hydrogen-bond donors (Lipinski definition) is 2. The first kappa shape index (κ1) is 14.8. The number of carbonyl (C=O) groups is 1. The molecule has 0 unspecified atom stereocenters. The van der Waals surface area contributed by atoms with E-state index in [1.54, 1.807) is 0 Å². The van der Waals surface area contributed by atoms with Crippen LogP contribution in [0.4, 0.5) is 0 Å². The highest BCUT2D eigenvalue weighted by Gasteiger charge is 2.28. The first-order valence-electron chi connectivity index (χ1n) is 8.10. The Hall–Kier alpha value is -0.570. The Kier molecular flexibility index (Phi) is 5.26. The molecule has 0 spiro atoms. The average Bonchev–Trinajstić information content (AvgIpc) is 2.83. The molecule has 2 aliphatic carbocycles. The zero-order chi connectivity index (χ0) is 13.7. The van der Waals surface area contributed by atoms with Crippen LogP contribution in [0.15, 0.2) is 0 Å². The van der Waals surface area contributed by atoms with E-state index in [0.717, 1.165) is 31.7 Å². The van der Waals surface area contributed by atoms with Crippen molar-refractivity contribution >= 4 is 5.91 Å². The normalized spacial score (nSPS) is 30.2. The van der Waals surface area contributed by atoms with Crippen LogP contribution in [-0.4, -0.2) is 18.5 Å². The summed E-state index contributed by atoms with van der Waals surface area (Å²) in [6.07, 6.45) is 11.7. The van der Waals surface area contributed by atoms with Crippen molar-refractivity contribution in [3.8, 4) is 0 Å². The number of nitrogens with two attached hydrogens (primary N) is 1. The molecule has 0 heterocycles. The van der Waals surface area contributed by atoms with Crippen molar-refractivity contribution in [1.29, 1.82) is 0 Å². The maximum atomic E-state index is 11.9. The molecule has 0 aromatic heterocycles. The third kappa shape index (κ3) is 4.79. The van der Waals surface area contributed by atoms with Gasteiger partial charge in [-0.25, -0.2) is 0 Å². The van der Waals surface area contributed by atoms with Crippen LogP contribution in [0.5, 0.6) is 0 Å². The van der Waals surface area contributed by atoms with E-state index in [1.807, 2.05) is 0 Å². The van der Waals surface area contributed by atoms with Crippen molar-refractivity contribution in [2.45, 2.75) is 77.2 Å². The smallest absolute Gasteiger partial charge is 0.220 e. The lowest BCUT2D eigenvalue weighted by molar-refractivity contribution is -0.121. The van der Waals surface area contributed by atoms with Crippen LogP contribution >= 0.6 is 0 Å². The summed E-state index contributed by atoms with van der Waals surface area (Å²) in [6.45, 7) is 3.18. The molecule has 0 aromatic carbocycles. The maximum absolute atomic E-state index is 11.9. The van der Waals surface area contributed by atoms with Gasteiger partial charge < -0.3 is 11.1 Å². The van der Waals surface area contributed by atoms with Gasteiger partial charge in [-0.3, -0.25) is 4.79 Å². The van der Waals surface area contributed by atoms with E-state index in [2.05, 4.69) is 12.2 Å². The van der Waals surface area contributed by atoms with E-state index in [-0.39, 0.29) is 5.91 Å². The molecule has 1 amide bonds. The fraction of sp³-hybridized carbons (Fsp3) is 0.938. The van der Waals surface area contributed by atoms with Gasteiger partial charge in [-0.1, -0.05) is 19.8 Å². The summed E-state index contributed by atoms with van der Waals surface area (Å²) in [5, 5.41) is 3.15. The van der Waals surface area contributed by atoms with Gasteiger partial charge in [0.1, 0.15) is 0 Å². The fourth-order valence-electron chi connectivity index (χ4n) is 3.62. The molecule has 0 radical (unpaired) electrons. The lowest BCUT2D eigenvalue weighted by atomic mass is 9.83. The van der Waals surface area contributed by atoms with E-state index in [4.69, 9.17) is 5.73 Å². The van der Waals surface area contributed by atoms with E-state index < -0.39 is 0 Å². The highest BCUT2D eigenvalue weighted by molar-refractivity contribution is 5.75. The van der Waals surface area contributed by atoms with E-state index in [0.29, 0.717) is 17.9 Å². The number of amides is 1. The second kappa shape index (κ2) is 6.74. The van der Waals surface area contributed by atoms with Crippen LogP contribution in [0.25, 0.3) is 0 Å². The van der Waals surface area contributed by atoms with E-state index >= 15 is 0 Å². The maximum Gasteiger partial charge on any atom is 0.220 e. The molecule has 0 saturated heterocycles. The molecule has 0 bridgehead atoms. The molecule has 2 aliphatic rings. The van der Waals surface area contributed by atoms with Crippen LogP contribution in [0, 0.1) is 11.3 Å². The van der Waals surface area contributed by atoms with Crippen molar-refractivity contribution in [3.05, 3.63) is 0 Å². The summed E-state index contributed by atoms with van der Waals surface area (Å²) in [6, 6.07) is 0.410. The van der Waals surface area contributed by atoms with Crippen LogP contribution in [0.2, 0.25) is 0 Å². The predicted octanol–water partition coefficient (Wildman–Crippen LogP) is 2.98. The predicted molar refractivity (Wildman–Crippen MR) is 78.8 cm³/mol. The quantitative estimate of drug-likeness (QED) is 0.803. The monoisotopic (exact) mass is 266 g/mol. The Labute approximate surface area is 117 Å². The Bertz CT molecular complexity index is 289. The second-order valence-electron chi connectivity index (χ2n) is 7.11. The van der Waals surface area contributed by atoms with Gasteiger partial charge in [0.2, 0.25) is 5.91 Å². The highest BCUT2D eigenvalue weighted by atomic mass is 16.1. The van der Waals surface area contributed by atoms with Gasteiger partial charge in [-0.15, -0.1) is 0 Å². The van der Waals surface area contributed by atoms with Gasteiger partial charge in [0.25, 0.3) is 0 Å². The van der Waals surface area contributed by atoms with Crippen molar-refractivity contribution < 1.29 is 4.79 Å². The zero-order valence-corrected chi connectivity index (χ0v) is 12.4. The first-order valence-corrected chi connectivity index (χ1v) is 8.10.